The van der Waals surface area contributed by atoms with Crippen LogP contribution in [0.3, 0.4) is 0 Å². The molecule has 0 atom stereocenters. The maximum atomic E-state index is 12.6. The largest absolute Gasteiger partial charge is 0.406 e. The van der Waals surface area contributed by atoms with Crippen molar-refractivity contribution < 1.29 is 13.2 Å². The molecule has 0 heterocycles. The van der Waals surface area contributed by atoms with Crippen LogP contribution >= 0.6 is 15.9 Å². The third kappa shape index (κ3) is 2.25. The molecule has 0 spiro atoms. The molecule has 1 aromatic carbocycles. The van der Waals surface area contributed by atoms with Gasteiger partial charge in [-0.15, -0.1) is 0 Å². The fraction of sp³-hybridized carbons (Fsp3) is 0.455. The summed E-state index contributed by atoms with van der Waals surface area (Å²) in [4.78, 5) is 0. The molecule has 0 radical (unpaired) electrons. The SMILES string of the molecule is FC(F)(F)C1(NCc2ccccc2Br)CC1. The van der Waals surface area contributed by atoms with Gasteiger partial charge < -0.3 is 0 Å². The van der Waals surface area contributed by atoms with Crippen molar-refractivity contribution in [3.63, 3.8) is 0 Å². The Morgan fingerprint density at radius 3 is 2.38 bits per heavy atom. The van der Waals surface area contributed by atoms with E-state index in [0.29, 0.717) is 0 Å². The van der Waals surface area contributed by atoms with Crippen LogP contribution in [0.1, 0.15) is 18.4 Å². The van der Waals surface area contributed by atoms with Crippen LogP contribution in [0, 0.1) is 0 Å². The van der Waals surface area contributed by atoms with Gasteiger partial charge >= 0.3 is 6.18 Å². The average Bonchev–Trinajstić information content (AvgIpc) is 2.96. The molecule has 0 aliphatic heterocycles. The number of halogens is 4. The van der Waals surface area contributed by atoms with Crippen LogP contribution in [-0.4, -0.2) is 11.7 Å². The molecule has 88 valence electrons. The zero-order valence-corrected chi connectivity index (χ0v) is 10.0. The number of nitrogens with one attached hydrogen (secondary N) is 1. The number of alkyl halides is 3. The lowest BCUT2D eigenvalue weighted by Crippen LogP contribution is -2.44. The summed E-state index contributed by atoms with van der Waals surface area (Å²) in [5.41, 5.74) is -0.791. The normalized spacial score (nSPS) is 18.5. The van der Waals surface area contributed by atoms with Gasteiger partial charge in [0.05, 0.1) is 0 Å². The minimum atomic E-state index is -4.14. The molecule has 5 heteroatoms. The molecule has 0 aromatic heterocycles. The van der Waals surface area contributed by atoms with Crippen molar-refractivity contribution in [2.24, 2.45) is 0 Å². The summed E-state index contributed by atoms with van der Waals surface area (Å²) in [6, 6.07) is 7.28. The molecular weight excluding hydrogens is 283 g/mol. The first-order valence-corrected chi connectivity index (χ1v) is 5.79. The summed E-state index contributed by atoms with van der Waals surface area (Å²) >= 11 is 3.31. The van der Waals surface area contributed by atoms with Gasteiger partial charge in [-0.25, -0.2) is 0 Å². The quantitative estimate of drug-likeness (QED) is 0.897. The van der Waals surface area contributed by atoms with Gasteiger partial charge in [0.25, 0.3) is 0 Å². The zero-order chi connectivity index (χ0) is 11.8. The Kier molecular flexibility index (Phi) is 3.01. The molecule has 0 bridgehead atoms. The summed E-state index contributed by atoms with van der Waals surface area (Å²) in [5, 5.41) is 2.61. The fourth-order valence-electron chi connectivity index (χ4n) is 1.59. The van der Waals surface area contributed by atoms with Gasteiger partial charge in [-0.2, -0.15) is 13.2 Å². The van der Waals surface area contributed by atoms with Crippen LogP contribution in [0.25, 0.3) is 0 Å². The minimum Gasteiger partial charge on any atom is -0.299 e. The Balaban J connectivity index is 2.01. The van der Waals surface area contributed by atoms with Gasteiger partial charge in [0.1, 0.15) is 5.54 Å². The van der Waals surface area contributed by atoms with E-state index in [0.717, 1.165) is 10.0 Å². The maximum absolute atomic E-state index is 12.6. The van der Waals surface area contributed by atoms with Crippen molar-refractivity contribution in [3.05, 3.63) is 34.3 Å². The van der Waals surface area contributed by atoms with E-state index in [-0.39, 0.29) is 19.4 Å². The van der Waals surface area contributed by atoms with Crippen molar-refractivity contribution in [2.75, 3.05) is 0 Å². The maximum Gasteiger partial charge on any atom is 0.406 e. The average molecular weight is 294 g/mol. The van der Waals surface area contributed by atoms with Gasteiger partial charge in [-0.3, -0.25) is 5.32 Å². The molecule has 0 saturated heterocycles. The summed E-state index contributed by atoms with van der Waals surface area (Å²) in [7, 11) is 0. The van der Waals surface area contributed by atoms with Crippen LogP contribution in [-0.2, 0) is 6.54 Å². The van der Waals surface area contributed by atoms with Gasteiger partial charge in [-0.05, 0) is 24.5 Å². The Morgan fingerprint density at radius 1 is 1.25 bits per heavy atom. The van der Waals surface area contributed by atoms with E-state index in [4.69, 9.17) is 0 Å². The molecule has 1 aliphatic rings. The van der Waals surface area contributed by atoms with Gasteiger partial charge in [-0.1, -0.05) is 34.1 Å². The van der Waals surface area contributed by atoms with Crippen LogP contribution in [0.15, 0.2) is 28.7 Å². The highest BCUT2D eigenvalue weighted by Gasteiger charge is 2.62. The number of benzene rings is 1. The van der Waals surface area contributed by atoms with Crippen molar-refractivity contribution in [1.29, 1.82) is 0 Å². The van der Waals surface area contributed by atoms with E-state index in [9.17, 15) is 13.2 Å². The number of hydrogen-bond acceptors (Lipinski definition) is 1. The van der Waals surface area contributed by atoms with E-state index >= 15 is 0 Å². The molecule has 0 amide bonds. The van der Waals surface area contributed by atoms with E-state index in [1.807, 2.05) is 24.3 Å². The summed E-state index contributed by atoms with van der Waals surface area (Å²) in [5.74, 6) is 0. The molecule has 1 saturated carbocycles. The van der Waals surface area contributed by atoms with E-state index in [1.54, 1.807) is 0 Å². The highest BCUT2D eigenvalue weighted by Crippen LogP contribution is 2.49. The molecule has 1 N–H and O–H groups in total. The molecule has 1 fully saturated rings. The Morgan fingerprint density at radius 2 is 1.88 bits per heavy atom. The smallest absolute Gasteiger partial charge is 0.299 e. The van der Waals surface area contributed by atoms with Crippen molar-refractivity contribution >= 4 is 15.9 Å². The van der Waals surface area contributed by atoms with Gasteiger partial charge in [0.2, 0.25) is 0 Å². The summed E-state index contributed by atoms with van der Waals surface area (Å²) in [6.45, 7) is 0.237. The van der Waals surface area contributed by atoms with E-state index in [1.165, 1.54) is 0 Å². The van der Waals surface area contributed by atoms with Crippen LogP contribution in [0.2, 0.25) is 0 Å². The molecule has 1 aliphatic carbocycles. The minimum absolute atomic E-state index is 0.182. The second-order valence-corrected chi connectivity index (χ2v) is 4.88. The van der Waals surface area contributed by atoms with Crippen molar-refractivity contribution in [3.8, 4) is 0 Å². The third-order valence-corrected chi connectivity index (χ3v) is 3.64. The predicted octanol–water partition coefficient (Wildman–Crippen LogP) is 3.63. The lowest BCUT2D eigenvalue weighted by Gasteiger charge is -2.21. The molecule has 1 aromatic rings. The first-order chi connectivity index (χ1) is 7.45. The standard InChI is InChI=1S/C11H11BrF3N/c12-9-4-2-1-3-8(9)7-16-10(5-6-10)11(13,14)15/h1-4,16H,5-7H2. The third-order valence-electron chi connectivity index (χ3n) is 2.87. The zero-order valence-electron chi connectivity index (χ0n) is 8.44. The van der Waals surface area contributed by atoms with Crippen molar-refractivity contribution in [1.82, 2.24) is 5.32 Å². The highest BCUT2D eigenvalue weighted by molar-refractivity contribution is 9.10. The molecule has 16 heavy (non-hydrogen) atoms. The Bertz CT molecular complexity index is 385. The fourth-order valence-corrected chi connectivity index (χ4v) is 2.02. The first kappa shape index (κ1) is 11.9. The van der Waals surface area contributed by atoms with Crippen LogP contribution < -0.4 is 5.32 Å². The first-order valence-electron chi connectivity index (χ1n) is 5.00. The predicted molar refractivity (Wildman–Crippen MR) is 59.0 cm³/mol. The van der Waals surface area contributed by atoms with Crippen LogP contribution in [0.4, 0.5) is 13.2 Å². The lowest BCUT2D eigenvalue weighted by molar-refractivity contribution is -0.166. The molecule has 0 unspecified atom stereocenters. The highest BCUT2D eigenvalue weighted by atomic mass is 79.9. The second-order valence-electron chi connectivity index (χ2n) is 4.02. The Hall–Kier alpha value is -0.550. The number of rotatable bonds is 3. The molecule has 1 nitrogen and oxygen atoms in total. The molecule has 2 rings (SSSR count). The number of hydrogen-bond donors (Lipinski definition) is 1. The Labute approximate surface area is 100 Å². The second kappa shape index (κ2) is 4.04. The lowest BCUT2D eigenvalue weighted by atomic mass is 10.2. The van der Waals surface area contributed by atoms with E-state index in [2.05, 4.69) is 21.2 Å². The molecular formula is C11H11BrF3N. The van der Waals surface area contributed by atoms with Crippen LogP contribution in [0.5, 0.6) is 0 Å². The van der Waals surface area contributed by atoms with Crippen molar-refractivity contribution in [2.45, 2.75) is 31.1 Å². The monoisotopic (exact) mass is 293 g/mol. The topological polar surface area (TPSA) is 12.0 Å². The van der Waals surface area contributed by atoms with Gasteiger partial charge in [0.15, 0.2) is 0 Å². The van der Waals surface area contributed by atoms with Gasteiger partial charge in [0, 0.05) is 11.0 Å². The summed E-state index contributed by atoms with van der Waals surface area (Å²) in [6.07, 6.45) is -3.78. The van der Waals surface area contributed by atoms with E-state index < -0.39 is 11.7 Å². The summed E-state index contributed by atoms with van der Waals surface area (Å²) < 4.78 is 38.7.